The van der Waals surface area contributed by atoms with Crippen LogP contribution < -0.4 is 62.9 Å². The van der Waals surface area contributed by atoms with Crippen LogP contribution in [-0.4, -0.2) is 197 Å². The van der Waals surface area contributed by atoms with Crippen LogP contribution in [0.3, 0.4) is 0 Å². The van der Waals surface area contributed by atoms with Gasteiger partial charge in [0.2, 0.25) is 12.2 Å². The molecule has 0 amide bonds. The van der Waals surface area contributed by atoms with Crippen LogP contribution >= 0.6 is 0 Å². The van der Waals surface area contributed by atoms with Gasteiger partial charge in [-0.15, -0.1) is 0 Å². The zero-order chi connectivity index (χ0) is 44.0. The molecule has 0 aromatic heterocycles. The minimum atomic E-state index is -0.297. The number of ether oxygens (including phenoxy) is 10. The number of allylic oxidation sites excluding steroid dienone is 1. The molecule has 7 N–H and O–H groups in total. The second kappa shape index (κ2) is 66.6. The molecule has 0 fully saturated rings. The molecular weight excluding hydrogens is 822 g/mol. The molecule has 0 saturated carbocycles. The van der Waals surface area contributed by atoms with E-state index in [1.54, 1.807) is 6.07 Å². The van der Waals surface area contributed by atoms with Crippen molar-refractivity contribution >= 4 is 18.1 Å². The number of aliphatic hydroxyl groups excluding tert-OH is 2. The fourth-order valence-electron chi connectivity index (χ4n) is 3.42. The van der Waals surface area contributed by atoms with Gasteiger partial charge in [0.1, 0.15) is 6.61 Å². The molecule has 0 rings (SSSR count). The summed E-state index contributed by atoms with van der Waals surface area (Å²) in [6, 6.07) is 1.69. The van der Waals surface area contributed by atoms with Gasteiger partial charge in [-0.25, -0.2) is 19.6 Å². The smallest absolute Gasteiger partial charge is 0.870 e. The fraction of sp³-hybridized carbons (Fsp3) is 0.842. The topological polar surface area (TPSA) is 315 Å². The van der Waals surface area contributed by atoms with Crippen LogP contribution in [0.2, 0.25) is 0 Å². The average Bonchev–Trinajstić information content (AvgIpc) is 3.22. The maximum absolute atomic E-state index is 11.0. The van der Waals surface area contributed by atoms with E-state index in [0.29, 0.717) is 138 Å². The SMILES string of the molecule is C=CC#N.CC(COCCO)OCCO.CC(COCCOCCCN)OCCOC(=O)CCN.CC(COCCOCCCN=C=O)OCCOCCCN=C=O.[K+].[OH-]. The summed E-state index contributed by atoms with van der Waals surface area (Å²) in [5, 5.41) is 24.2. The maximum atomic E-state index is 11.0. The Morgan fingerprint density at radius 1 is 0.633 bits per heavy atom. The molecule has 0 bridgehead atoms. The summed E-state index contributed by atoms with van der Waals surface area (Å²) in [7, 11) is 0. The number of isocyanates is 2. The first kappa shape index (κ1) is 70.2. The minimum absolute atomic E-state index is 0. The van der Waals surface area contributed by atoms with Crippen LogP contribution in [0.15, 0.2) is 22.6 Å². The first-order valence-corrected chi connectivity index (χ1v) is 19.4. The molecule has 60 heavy (non-hydrogen) atoms. The second-order valence-electron chi connectivity index (χ2n) is 11.4. The van der Waals surface area contributed by atoms with Gasteiger partial charge < -0.3 is 74.5 Å². The van der Waals surface area contributed by atoms with Crippen molar-refractivity contribution in [3.8, 4) is 6.07 Å². The van der Waals surface area contributed by atoms with Gasteiger partial charge in [-0.2, -0.15) is 5.26 Å². The second-order valence-corrected chi connectivity index (χ2v) is 11.4. The molecule has 0 aliphatic rings. The van der Waals surface area contributed by atoms with Crippen LogP contribution in [0.25, 0.3) is 0 Å². The summed E-state index contributed by atoms with van der Waals surface area (Å²) in [6.45, 7) is 18.3. The Hall–Kier alpha value is -1.46. The van der Waals surface area contributed by atoms with Crippen molar-refractivity contribution < 1.29 is 129 Å². The molecule has 21 nitrogen and oxygen atoms in total. The van der Waals surface area contributed by atoms with Crippen LogP contribution in [0.1, 0.15) is 46.5 Å². The molecule has 0 aliphatic heterocycles. The van der Waals surface area contributed by atoms with Gasteiger partial charge in [-0.3, -0.25) is 4.79 Å². The number of nitrogens with two attached hydrogens (primary N) is 2. The van der Waals surface area contributed by atoms with Crippen LogP contribution in [0.4, 0.5) is 0 Å². The van der Waals surface area contributed by atoms with E-state index in [4.69, 9.17) is 74.3 Å². The van der Waals surface area contributed by atoms with E-state index in [9.17, 15) is 14.4 Å². The molecule has 3 atom stereocenters. The van der Waals surface area contributed by atoms with Gasteiger partial charge in [0.15, 0.2) is 0 Å². The molecule has 0 heterocycles. The number of aliphatic hydroxyl groups is 2. The summed E-state index contributed by atoms with van der Waals surface area (Å²) in [4.78, 5) is 37.5. The van der Waals surface area contributed by atoms with E-state index in [1.807, 2.05) is 20.8 Å². The molecule has 0 aromatic carbocycles. The molecule has 22 heteroatoms. The monoisotopic (exact) mass is 895 g/mol. The fourth-order valence-corrected chi connectivity index (χ4v) is 3.42. The number of nitriles is 1. The molecule has 348 valence electrons. The number of carbonyl (C=O) groups excluding carboxylic acids is 3. The number of hydrogen-bond donors (Lipinski definition) is 4. The van der Waals surface area contributed by atoms with Crippen molar-refractivity contribution in [3.05, 3.63) is 12.7 Å². The Balaban J connectivity index is -0.000000179. The average molecular weight is 896 g/mol. The van der Waals surface area contributed by atoms with Crippen molar-refractivity contribution in [1.82, 2.24) is 0 Å². The van der Waals surface area contributed by atoms with Crippen molar-refractivity contribution in [3.63, 3.8) is 0 Å². The van der Waals surface area contributed by atoms with Crippen molar-refractivity contribution in [2.45, 2.75) is 64.8 Å². The Morgan fingerprint density at radius 3 is 1.42 bits per heavy atom. The van der Waals surface area contributed by atoms with Gasteiger partial charge in [-0.05, 0) is 46.6 Å². The predicted molar refractivity (Wildman–Crippen MR) is 217 cm³/mol. The van der Waals surface area contributed by atoms with E-state index >= 15 is 0 Å². The van der Waals surface area contributed by atoms with E-state index < -0.39 is 0 Å². The molecular formula is C38H74KN5O16. The van der Waals surface area contributed by atoms with Gasteiger partial charge in [-0.1, -0.05) is 6.58 Å². The molecule has 0 aromatic rings. The van der Waals surface area contributed by atoms with E-state index in [0.717, 1.165) is 6.42 Å². The molecule has 0 spiro atoms. The van der Waals surface area contributed by atoms with Crippen LogP contribution in [0.5, 0.6) is 0 Å². The summed E-state index contributed by atoms with van der Waals surface area (Å²) in [5.41, 5.74) is 10.6. The standard InChI is InChI=1S/C15H26N2O6.C13H28N2O5.C7H16O4.C3H3N.K.H2O/c1-15(23-11-10-21-7-3-5-17-14-19)12-22-9-8-20-6-2-4-16-13-18;1-12(11-18-8-7-17-6-2-4-14)19-9-10-20-13(16)3-5-15;1-7(11-5-3-9)6-10-4-2-8;1-2-3-4;;/h15H,2-12H2,1H3;12H,2-11,14-15H2,1H3;7-9H,2-6H2,1H3;2H,1H2;;1H2/q;;;;+1;/p-1. The van der Waals surface area contributed by atoms with Gasteiger partial charge >= 0.3 is 57.4 Å². The number of aliphatic imine (C=N–C) groups is 2. The number of nitrogens with zero attached hydrogens (tertiary/aromatic N) is 3. The zero-order valence-electron chi connectivity index (χ0n) is 36.5. The predicted octanol–water partition coefficient (Wildman–Crippen LogP) is -2.53. The normalized spacial score (nSPS) is 11.2. The zero-order valence-corrected chi connectivity index (χ0v) is 39.7. The largest absolute Gasteiger partial charge is 1.00 e. The first-order chi connectivity index (χ1) is 28.2. The first-order valence-electron chi connectivity index (χ1n) is 19.4. The maximum Gasteiger partial charge on any atom is 1.00 e. The summed E-state index contributed by atoms with van der Waals surface area (Å²) >= 11 is 0. The molecule has 0 aliphatic carbocycles. The Morgan fingerprint density at radius 2 is 1.02 bits per heavy atom. The third-order valence-corrected chi connectivity index (χ3v) is 6.09. The summed E-state index contributed by atoms with van der Waals surface area (Å²) < 4.78 is 52.6. The van der Waals surface area contributed by atoms with Gasteiger partial charge in [0.25, 0.3) is 0 Å². The number of esters is 1. The van der Waals surface area contributed by atoms with Crippen molar-refractivity contribution in [1.29, 1.82) is 5.26 Å². The molecule has 0 radical (unpaired) electrons. The van der Waals surface area contributed by atoms with E-state index in [-0.39, 0.29) is 107 Å². The Bertz CT molecular complexity index is 994. The van der Waals surface area contributed by atoms with Gasteiger partial charge in [0.05, 0.1) is 136 Å². The number of rotatable bonds is 38. The third-order valence-electron chi connectivity index (χ3n) is 6.09. The minimum Gasteiger partial charge on any atom is -0.870 e. The van der Waals surface area contributed by atoms with Crippen LogP contribution in [0, 0.1) is 11.3 Å². The molecule has 3 unspecified atom stereocenters. The summed E-state index contributed by atoms with van der Waals surface area (Å²) in [6.07, 6.45) is 6.57. The van der Waals surface area contributed by atoms with E-state index in [2.05, 4.69) is 16.6 Å². The Kier molecular flexibility index (Phi) is 78.0. The number of carbonyl (C=O) groups is 1. The number of hydrogen-bond acceptors (Lipinski definition) is 21. The Labute approximate surface area is 399 Å². The van der Waals surface area contributed by atoms with Crippen molar-refractivity contribution in [2.24, 2.45) is 21.5 Å². The van der Waals surface area contributed by atoms with Gasteiger partial charge in [0, 0.05) is 32.4 Å². The molecule has 0 saturated heterocycles. The third kappa shape index (κ3) is 74.0. The summed E-state index contributed by atoms with van der Waals surface area (Å²) in [5.74, 6) is -0.297. The van der Waals surface area contributed by atoms with Crippen molar-refractivity contribution in [2.75, 3.05) is 145 Å². The van der Waals surface area contributed by atoms with Crippen LogP contribution in [-0.2, 0) is 61.8 Å². The quantitative estimate of drug-likeness (QED) is 0.0124. The van der Waals surface area contributed by atoms with E-state index in [1.165, 1.54) is 18.2 Å².